The lowest BCUT2D eigenvalue weighted by atomic mass is 9.91. The smallest absolute Gasteiger partial charge is 0.0991 e. The largest absolute Gasteiger partial charge is 0.248 e. The molecule has 0 radical (unpaired) electrons. The maximum Gasteiger partial charge on any atom is 0.0991 e. The molecular weight excluding hydrogens is 508 g/mol. The van der Waals surface area contributed by atoms with Crippen LogP contribution in [0, 0.1) is 11.3 Å². The molecule has 6 aromatic carbocycles. The van der Waals surface area contributed by atoms with E-state index in [4.69, 9.17) is 4.98 Å². The zero-order chi connectivity index (χ0) is 28.3. The van der Waals surface area contributed by atoms with Gasteiger partial charge in [0.25, 0.3) is 0 Å². The topological polar surface area (TPSA) is 36.7 Å². The van der Waals surface area contributed by atoms with E-state index in [0.717, 1.165) is 44.8 Å². The molecule has 0 aliphatic rings. The molecule has 0 aliphatic carbocycles. The molecule has 0 spiro atoms. The van der Waals surface area contributed by atoms with E-state index in [1.165, 1.54) is 21.9 Å². The van der Waals surface area contributed by atoms with Crippen LogP contribution in [0.5, 0.6) is 0 Å². The predicted molar refractivity (Wildman–Crippen MR) is 174 cm³/mol. The molecule has 0 aliphatic heterocycles. The summed E-state index contributed by atoms with van der Waals surface area (Å²) < 4.78 is 0. The molecule has 7 rings (SSSR count). The Morgan fingerprint density at radius 2 is 0.810 bits per heavy atom. The Kier molecular flexibility index (Phi) is 6.60. The van der Waals surface area contributed by atoms with Crippen molar-refractivity contribution in [1.82, 2.24) is 4.98 Å². The van der Waals surface area contributed by atoms with E-state index < -0.39 is 0 Å². The molecule has 0 saturated carbocycles. The molecule has 1 aromatic heterocycles. The zero-order valence-corrected chi connectivity index (χ0v) is 22.9. The second kappa shape index (κ2) is 11.0. The van der Waals surface area contributed by atoms with Crippen LogP contribution in [0.4, 0.5) is 0 Å². The number of fused-ring (bicyclic) bond motifs is 1. The summed E-state index contributed by atoms with van der Waals surface area (Å²) in [6, 6.07) is 56.8. The highest BCUT2D eigenvalue weighted by Crippen LogP contribution is 2.37. The summed E-state index contributed by atoms with van der Waals surface area (Å²) in [4.78, 5) is 5.03. The van der Waals surface area contributed by atoms with Gasteiger partial charge in [-0.3, -0.25) is 0 Å². The second-order valence-corrected chi connectivity index (χ2v) is 10.3. The minimum atomic E-state index is 0.667. The average molecular weight is 535 g/mol. The highest BCUT2D eigenvalue weighted by Gasteiger charge is 2.12. The van der Waals surface area contributed by atoms with Gasteiger partial charge in [-0.05, 0) is 68.4 Å². The van der Waals surface area contributed by atoms with Gasteiger partial charge in [0.1, 0.15) is 0 Å². The summed E-state index contributed by atoms with van der Waals surface area (Å²) in [7, 11) is 0. The number of pyridine rings is 1. The molecule has 0 unspecified atom stereocenters. The Hall–Kier alpha value is -5.78. The molecule has 42 heavy (non-hydrogen) atoms. The van der Waals surface area contributed by atoms with E-state index in [9.17, 15) is 5.26 Å². The van der Waals surface area contributed by atoms with Crippen molar-refractivity contribution in [3.8, 4) is 62.0 Å². The van der Waals surface area contributed by atoms with Crippen LogP contribution in [-0.4, -0.2) is 4.98 Å². The number of benzene rings is 6. The van der Waals surface area contributed by atoms with Gasteiger partial charge >= 0.3 is 0 Å². The van der Waals surface area contributed by atoms with Crippen molar-refractivity contribution in [2.75, 3.05) is 0 Å². The molecule has 0 atom stereocenters. The Morgan fingerprint density at radius 1 is 0.381 bits per heavy atom. The monoisotopic (exact) mass is 534 g/mol. The maximum absolute atomic E-state index is 9.20. The van der Waals surface area contributed by atoms with Crippen molar-refractivity contribution in [2.24, 2.45) is 0 Å². The van der Waals surface area contributed by atoms with E-state index in [0.29, 0.717) is 5.56 Å². The summed E-state index contributed by atoms with van der Waals surface area (Å²) in [6.07, 6.45) is 0. The molecule has 0 saturated heterocycles. The van der Waals surface area contributed by atoms with Crippen LogP contribution < -0.4 is 0 Å². The summed E-state index contributed by atoms with van der Waals surface area (Å²) >= 11 is 0. The third kappa shape index (κ3) is 4.85. The van der Waals surface area contributed by atoms with Crippen LogP contribution in [0.3, 0.4) is 0 Å². The van der Waals surface area contributed by atoms with Gasteiger partial charge in [-0.15, -0.1) is 0 Å². The Bertz CT molecular complexity index is 2000. The van der Waals surface area contributed by atoms with Crippen molar-refractivity contribution < 1.29 is 0 Å². The van der Waals surface area contributed by atoms with Gasteiger partial charge in [0.15, 0.2) is 0 Å². The molecule has 7 aromatic rings. The predicted octanol–water partition coefficient (Wildman–Crippen LogP) is 10.4. The molecule has 0 amide bonds. The number of nitriles is 1. The zero-order valence-electron chi connectivity index (χ0n) is 22.9. The first-order valence-electron chi connectivity index (χ1n) is 14.0. The number of hydrogen-bond donors (Lipinski definition) is 0. The van der Waals surface area contributed by atoms with Gasteiger partial charge in [0.2, 0.25) is 0 Å². The van der Waals surface area contributed by atoms with E-state index in [-0.39, 0.29) is 0 Å². The van der Waals surface area contributed by atoms with Gasteiger partial charge in [-0.25, -0.2) is 4.98 Å². The highest BCUT2D eigenvalue weighted by atomic mass is 14.7. The highest BCUT2D eigenvalue weighted by molar-refractivity contribution is 6.05. The molecule has 0 N–H and O–H groups in total. The van der Waals surface area contributed by atoms with Gasteiger partial charge in [-0.2, -0.15) is 5.26 Å². The Balaban J connectivity index is 1.29. The van der Waals surface area contributed by atoms with Gasteiger partial charge in [-0.1, -0.05) is 133 Å². The average Bonchev–Trinajstić information content (AvgIpc) is 3.08. The first-order valence-corrected chi connectivity index (χ1v) is 14.0. The standard InChI is InChI=1S/C40H26N2/c41-27-28-15-17-30(18-16-28)35-23-24-36(38-14-8-7-13-37(35)38)31-21-19-29(20-22-31)34-25-39(32-9-3-1-4-10-32)42-40(26-34)33-11-5-2-6-12-33/h1-26H. The minimum Gasteiger partial charge on any atom is -0.248 e. The molecule has 0 fully saturated rings. The number of nitrogens with zero attached hydrogens (tertiary/aromatic N) is 2. The number of aromatic nitrogens is 1. The lowest BCUT2D eigenvalue weighted by Crippen LogP contribution is -1.91. The molecular formula is C40H26N2. The summed E-state index contributed by atoms with van der Waals surface area (Å²) in [5, 5.41) is 11.6. The molecule has 196 valence electrons. The van der Waals surface area contributed by atoms with Crippen molar-refractivity contribution in [1.29, 1.82) is 5.26 Å². The van der Waals surface area contributed by atoms with Crippen molar-refractivity contribution in [3.63, 3.8) is 0 Å². The lowest BCUT2D eigenvalue weighted by Gasteiger charge is -2.13. The van der Waals surface area contributed by atoms with E-state index in [1.807, 2.05) is 36.4 Å². The SMILES string of the molecule is N#Cc1ccc(-c2ccc(-c3ccc(-c4cc(-c5ccccc5)nc(-c5ccccc5)c4)cc3)c3ccccc23)cc1. The van der Waals surface area contributed by atoms with Crippen LogP contribution in [0.1, 0.15) is 5.56 Å². The number of rotatable bonds is 5. The van der Waals surface area contributed by atoms with E-state index in [2.05, 4.69) is 127 Å². The second-order valence-electron chi connectivity index (χ2n) is 10.3. The summed E-state index contributed by atoms with van der Waals surface area (Å²) in [5.74, 6) is 0. The van der Waals surface area contributed by atoms with Gasteiger partial charge < -0.3 is 0 Å². The van der Waals surface area contributed by atoms with Crippen LogP contribution in [0.25, 0.3) is 66.7 Å². The maximum atomic E-state index is 9.20. The lowest BCUT2D eigenvalue weighted by molar-refractivity contribution is 1.32. The Labute approximate surface area is 245 Å². The van der Waals surface area contributed by atoms with Crippen LogP contribution in [-0.2, 0) is 0 Å². The molecule has 1 heterocycles. The van der Waals surface area contributed by atoms with Gasteiger partial charge in [0.05, 0.1) is 23.0 Å². The van der Waals surface area contributed by atoms with Crippen molar-refractivity contribution in [3.05, 3.63) is 163 Å². The quantitative estimate of drug-likeness (QED) is 0.220. The van der Waals surface area contributed by atoms with Crippen LogP contribution in [0.2, 0.25) is 0 Å². The first kappa shape index (κ1) is 25.2. The summed E-state index contributed by atoms with van der Waals surface area (Å²) in [5.41, 5.74) is 11.7. The third-order valence-corrected chi connectivity index (χ3v) is 7.74. The van der Waals surface area contributed by atoms with Crippen LogP contribution >= 0.6 is 0 Å². The normalized spacial score (nSPS) is 10.8. The fraction of sp³-hybridized carbons (Fsp3) is 0. The fourth-order valence-electron chi connectivity index (χ4n) is 5.58. The number of hydrogen-bond acceptors (Lipinski definition) is 2. The van der Waals surface area contributed by atoms with E-state index >= 15 is 0 Å². The molecule has 0 bridgehead atoms. The molecule has 2 heteroatoms. The fourth-order valence-corrected chi connectivity index (χ4v) is 5.58. The Morgan fingerprint density at radius 3 is 1.29 bits per heavy atom. The first-order chi connectivity index (χ1) is 20.8. The molecule has 2 nitrogen and oxygen atoms in total. The van der Waals surface area contributed by atoms with Crippen molar-refractivity contribution >= 4 is 10.8 Å². The van der Waals surface area contributed by atoms with Crippen molar-refractivity contribution in [2.45, 2.75) is 0 Å². The minimum absolute atomic E-state index is 0.667. The summed E-state index contributed by atoms with van der Waals surface area (Å²) in [6.45, 7) is 0. The third-order valence-electron chi connectivity index (χ3n) is 7.74. The van der Waals surface area contributed by atoms with E-state index in [1.54, 1.807) is 0 Å². The van der Waals surface area contributed by atoms with Gasteiger partial charge in [0, 0.05) is 11.1 Å². The van der Waals surface area contributed by atoms with Crippen LogP contribution in [0.15, 0.2) is 158 Å².